The lowest BCUT2D eigenvalue weighted by Crippen LogP contribution is -2.50. The van der Waals surface area contributed by atoms with Gasteiger partial charge < -0.3 is 9.84 Å². The lowest BCUT2D eigenvalue weighted by atomic mass is 9.94. The molecule has 24 heavy (non-hydrogen) atoms. The smallest absolute Gasteiger partial charge is 0.165 e. The topological polar surface area (TPSA) is 63.4 Å². The Balaban J connectivity index is 1.48. The maximum absolute atomic E-state index is 10.3. The number of nitrogens with zero attached hydrogens (tertiary/aromatic N) is 4. The molecule has 1 aliphatic heterocycles. The second-order valence-electron chi connectivity index (χ2n) is 6.72. The van der Waals surface area contributed by atoms with Crippen LogP contribution >= 0.6 is 0 Å². The molecule has 128 valence electrons. The van der Waals surface area contributed by atoms with E-state index in [9.17, 15) is 5.11 Å². The second-order valence-corrected chi connectivity index (χ2v) is 6.72. The quantitative estimate of drug-likeness (QED) is 0.924. The molecular formula is C18H24N4O2. The van der Waals surface area contributed by atoms with Crippen molar-refractivity contribution in [3.05, 3.63) is 42.5 Å². The fourth-order valence-corrected chi connectivity index (χ4v) is 3.92. The number of morpholine rings is 1. The van der Waals surface area contributed by atoms with Crippen molar-refractivity contribution in [2.24, 2.45) is 5.92 Å². The number of benzene rings is 1. The maximum Gasteiger partial charge on any atom is 0.165 e. The average Bonchev–Trinajstić information content (AvgIpc) is 3.25. The molecule has 6 nitrogen and oxygen atoms in total. The lowest BCUT2D eigenvalue weighted by molar-refractivity contribution is -0.0545. The molecule has 4 rings (SSSR count). The van der Waals surface area contributed by atoms with Gasteiger partial charge in [-0.05, 0) is 25.0 Å². The first-order chi connectivity index (χ1) is 11.8. The standard InChI is InChI=1S/C18H24N4O2/c23-17-8-4-7-15(17)16-12-24-10-9-21(16)11-18-19-13-22(20-18)14-5-2-1-3-6-14/h1-3,5-6,13,15-17,23H,4,7-12H2/t15-,16-,17+/m0/s1. The van der Waals surface area contributed by atoms with Gasteiger partial charge in [-0.15, -0.1) is 5.10 Å². The average molecular weight is 328 g/mol. The summed E-state index contributed by atoms with van der Waals surface area (Å²) in [6.07, 6.45) is 4.67. The zero-order valence-electron chi connectivity index (χ0n) is 13.8. The van der Waals surface area contributed by atoms with E-state index in [0.29, 0.717) is 19.1 Å². The Labute approximate surface area is 142 Å². The molecule has 1 saturated carbocycles. The molecule has 2 aromatic rings. The van der Waals surface area contributed by atoms with Crippen molar-refractivity contribution in [1.29, 1.82) is 0 Å². The van der Waals surface area contributed by atoms with Crippen LogP contribution in [0, 0.1) is 5.92 Å². The molecule has 3 atom stereocenters. The van der Waals surface area contributed by atoms with E-state index in [1.165, 1.54) is 0 Å². The number of para-hydroxylation sites is 1. The van der Waals surface area contributed by atoms with Gasteiger partial charge in [-0.2, -0.15) is 0 Å². The third-order valence-corrected chi connectivity index (χ3v) is 5.21. The van der Waals surface area contributed by atoms with Gasteiger partial charge in [0.05, 0.1) is 31.5 Å². The van der Waals surface area contributed by atoms with Gasteiger partial charge in [-0.3, -0.25) is 4.90 Å². The summed E-state index contributed by atoms with van der Waals surface area (Å²) in [7, 11) is 0. The fraction of sp³-hybridized carbons (Fsp3) is 0.556. The summed E-state index contributed by atoms with van der Waals surface area (Å²) in [6, 6.07) is 10.3. The van der Waals surface area contributed by atoms with Crippen LogP contribution in [0.15, 0.2) is 36.7 Å². The van der Waals surface area contributed by atoms with Crippen molar-refractivity contribution >= 4 is 0 Å². The summed E-state index contributed by atoms with van der Waals surface area (Å²) >= 11 is 0. The second kappa shape index (κ2) is 7.01. The molecule has 1 saturated heterocycles. The van der Waals surface area contributed by atoms with E-state index in [-0.39, 0.29) is 12.1 Å². The van der Waals surface area contributed by atoms with E-state index >= 15 is 0 Å². The third-order valence-electron chi connectivity index (χ3n) is 5.21. The maximum atomic E-state index is 10.3. The van der Waals surface area contributed by atoms with Crippen molar-refractivity contribution < 1.29 is 9.84 Å². The Morgan fingerprint density at radius 3 is 2.88 bits per heavy atom. The van der Waals surface area contributed by atoms with Gasteiger partial charge in [0.25, 0.3) is 0 Å². The monoisotopic (exact) mass is 328 g/mol. The highest BCUT2D eigenvalue weighted by molar-refractivity contribution is 5.29. The normalized spacial score (nSPS) is 28.3. The van der Waals surface area contributed by atoms with Crippen molar-refractivity contribution in [2.75, 3.05) is 19.8 Å². The van der Waals surface area contributed by atoms with Crippen LogP contribution in [0.3, 0.4) is 0 Å². The number of hydrogen-bond donors (Lipinski definition) is 1. The van der Waals surface area contributed by atoms with Crippen LogP contribution in [0.2, 0.25) is 0 Å². The molecular weight excluding hydrogens is 304 g/mol. The van der Waals surface area contributed by atoms with Crippen LogP contribution < -0.4 is 0 Å². The highest BCUT2D eigenvalue weighted by Gasteiger charge is 2.37. The van der Waals surface area contributed by atoms with E-state index in [0.717, 1.165) is 43.9 Å². The van der Waals surface area contributed by atoms with Crippen LogP contribution in [0.4, 0.5) is 0 Å². The van der Waals surface area contributed by atoms with Crippen LogP contribution in [-0.2, 0) is 11.3 Å². The Bertz CT molecular complexity index is 660. The first-order valence-electron chi connectivity index (χ1n) is 8.77. The van der Waals surface area contributed by atoms with E-state index in [1.54, 1.807) is 6.33 Å². The first-order valence-corrected chi connectivity index (χ1v) is 8.77. The summed E-state index contributed by atoms with van der Waals surface area (Å²) < 4.78 is 7.50. The number of rotatable bonds is 4. The Hall–Kier alpha value is -1.76. The Morgan fingerprint density at radius 2 is 2.08 bits per heavy atom. The van der Waals surface area contributed by atoms with Crippen molar-refractivity contribution in [3.63, 3.8) is 0 Å². The minimum Gasteiger partial charge on any atom is -0.393 e. The Morgan fingerprint density at radius 1 is 1.21 bits per heavy atom. The Kier molecular flexibility index (Phi) is 4.60. The van der Waals surface area contributed by atoms with Gasteiger partial charge in [-0.1, -0.05) is 24.6 Å². The predicted molar refractivity (Wildman–Crippen MR) is 89.7 cm³/mol. The van der Waals surface area contributed by atoms with Gasteiger partial charge in [0, 0.05) is 18.5 Å². The van der Waals surface area contributed by atoms with Crippen LogP contribution in [0.25, 0.3) is 5.69 Å². The number of aliphatic hydroxyl groups excluding tert-OH is 1. The molecule has 0 bridgehead atoms. The van der Waals surface area contributed by atoms with Crippen LogP contribution in [0.1, 0.15) is 25.1 Å². The van der Waals surface area contributed by atoms with Crippen molar-refractivity contribution in [3.8, 4) is 5.69 Å². The van der Waals surface area contributed by atoms with Crippen molar-refractivity contribution in [1.82, 2.24) is 19.7 Å². The zero-order chi connectivity index (χ0) is 16.4. The SMILES string of the molecule is O[C@@H]1CCC[C@H]1[C@@H]1COCCN1Cc1ncn(-c2ccccc2)n1. The van der Waals surface area contributed by atoms with Gasteiger partial charge >= 0.3 is 0 Å². The molecule has 1 N–H and O–H groups in total. The van der Waals surface area contributed by atoms with E-state index in [1.807, 2.05) is 35.0 Å². The zero-order valence-corrected chi connectivity index (χ0v) is 13.8. The van der Waals surface area contributed by atoms with Gasteiger partial charge in [0.15, 0.2) is 5.82 Å². The van der Waals surface area contributed by atoms with Crippen molar-refractivity contribution in [2.45, 2.75) is 38.0 Å². The largest absolute Gasteiger partial charge is 0.393 e. The summed E-state index contributed by atoms with van der Waals surface area (Å²) in [4.78, 5) is 6.86. The van der Waals surface area contributed by atoms with E-state index in [4.69, 9.17) is 4.74 Å². The molecule has 0 radical (unpaired) electrons. The number of hydrogen-bond acceptors (Lipinski definition) is 5. The highest BCUT2D eigenvalue weighted by atomic mass is 16.5. The molecule has 2 heterocycles. The number of aromatic nitrogens is 3. The number of ether oxygens (including phenoxy) is 1. The van der Waals surface area contributed by atoms with Crippen LogP contribution in [0.5, 0.6) is 0 Å². The highest BCUT2D eigenvalue weighted by Crippen LogP contribution is 2.32. The number of aliphatic hydroxyl groups is 1. The van der Waals surface area contributed by atoms with Gasteiger partial charge in [0.2, 0.25) is 0 Å². The molecule has 2 aliphatic rings. The molecule has 6 heteroatoms. The van der Waals surface area contributed by atoms with Gasteiger partial charge in [-0.25, -0.2) is 9.67 Å². The molecule has 2 fully saturated rings. The molecule has 0 spiro atoms. The molecule has 0 unspecified atom stereocenters. The summed E-state index contributed by atoms with van der Waals surface area (Å²) in [5.74, 6) is 1.12. The summed E-state index contributed by atoms with van der Waals surface area (Å²) in [6.45, 7) is 3.00. The summed E-state index contributed by atoms with van der Waals surface area (Å²) in [5, 5.41) is 14.9. The molecule has 1 aliphatic carbocycles. The molecule has 1 aromatic heterocycles. The van der Waals surface area contributed by atoms with Crippen LogP contribution in [-0.4, -0.2) is 56.7 Å². The minimum atomic E-state index is -0.200. The molecule has 0 amide bonds. The first kappa shape index (κ1) is 15.7. The lowest BCUT2D eigenvalue weighted by Gasteiger charge is -2.39. The fourth-order valence-electron chi connectivity index (χ4n) is 3.92. The van der Waals surface area contributed by atoms with E-state index in [2.05, 4.69) is 15.0 Å². The van der Waals surface area contributed by atoms with E-state index < -0.39 is 0 Å². The third kappa shape index (κ3) is 3.22. The van der Waals surface area contributed by atoms with Gasteiger partial charge in [0.1, 0.15) is 6.33 Å². The molecule has 1 aromatic carbocycles. The predicted octanol–water partition coefficient (Wildman–Crippen LogP) is 1.63. The minimum absolute atomic E-state index is 0.200. The summed E-state index contributed by atoms with van der Waals surface area (Å²) in [5.41, 5.74) is 1.01.